The van der Waals surface area contributed by atoms with Gasteiger partial charge >= 0.3 is 6.09 Å². The van der Waals surface area contributed by atoms with Gasteiger partial charge in [0.25, 0.3) is 0 Å². The summed E-state index contributed by atoms with van der Waals surface area (Å²) in [6.45, 7) is 5.23. The number of unbranched alkanes of at least 4 members (excludes halogenated alkanes) is 11. The van der Waals surface area contributed by atoms with E-state index in [1.165, 1.54) is 70.6 Å². The van der Waals surface area contributed by atoms with E-state index < -0.39 is 6.09 Å². The number of carbonyl (C=O) groups excluding carboxylic acids is 1. The van der Waals surface area contributed by atoms with Crippen LogP contribution in [0.2, 0.25) is 0 Å². The summed E-state index contributed by atoms with van der Waals surface area (Å²) < 4.78 is 4.83. The van der Waals surface area contributed by atoms with E-state index in [4.69, 9.17) is 9.57 Å². The Morgan fingerprint density at radius 2 is 1.18 bits per heavy atom. The zero-order chi connectivity index (χ0) is 16.3. The standard InChI is InChI=1S/C18H37NO3/c1-3-5-6-7-8-9-10-11-12-13-14-15-17-22-19-18(20)21-16-4-2/h3-17H2,1-2H3,(H,19,20). The van der Waals surface area contributed by atoms with Crippen LogP contribution in [-0.4, -0.2) is 19.3 Å². The van der Waals surface area contributed by atoms with Crippen molar-refractivity contribution in [3.63, 3.8) is 0 Å². The van der Waals surface area contributed by atoms with E-state index in [0.29, 0.717) is 13.2 Å². The van der Waals surface area contributed by atoms with Gasteiger partial charge in [-0.2, -0.15) is 5.48 Å². The van der Waals surface area contributed by atoms with Gasteiger partial charge in [0.1, 0.15) is 0 Å². The fraction of sp³-hybridized carbons (Fsp3) is 0.944. The average Bonchev–Trinajstić information content (AvgIpc) is 2.53. The predicted molar refractivity (Wildman–Crippen MR) is 91.8 cm³/mol. The Bertz CT molecular complexity index is 234. The van der Waals surface area contributed by atoms with Gasteiger partial charge in [0.05, 0.1) is 13.2 Å². The third kappa shape index (κ3) is 17.3. The number of ether oxygens (including phenoxy) is 1. The topological polar surface area (TPSA) is 47.6 Å². The fourth-order valence-electron chi connectivity index (χ4n) is 2.35. The molecule has 0 heterocycles. The monoisotopic (exact) mass is 315 g/mol. The maximum atomic E-state index is 11.1. The first-order valence-electron chi connectivity index (χ1n) is 9.35. The van der Waals surface area contributed by atoms with Crippen LogP contribution in [0.3, 0.4) is 0 Å². The molecule has 0 aromatic heterocycles. The molecule has 0 aliphatic carbocycles. The van der Waals surface area contributed by atoms with Gasteiger partial charge in [0.15, 0.2) is 0 Å². The molecule has 4 heteroatoms. The number of hydroxylamine groups is 1. The van der Waals surface area contributed by atoms with Gasteiger partial charge in [-0.1, -0.05) is 84.5 Å². The fourth-order valence-corrected chi connectivity index (χ4v) is 2.35. The summed E-state index contributed by atoms with van der Waals surface area (Å²) in [5.74, 6) is 0. The smallest absolute Gasteiger partial charge is 0.431 e. The van der Waals surface area contributed by atoms with E-state index in [1.807, 2.05) is 6.92 Å². The van der Waals surface area contributed by atoms with Gasteiger partial charge in [-0.15, -0.1) is 0 Å². The second-order valence-electron chi connectivity index (χ2n) is 5.98. The van der Waals surface area contributed by atoms with Gasteiger partial charge in [-0.05, 0) is 12.8 Å². The number of hydrogen-bond donors (Lipinski definition) is 1. The lowest BCUT2D eigenvalue weighted by Gasteiger charge is -2.06. The van der Waals surface area contributed by atoms with Gasteiger partial charge in [0, 0.05) is 0 Å². The maximum absolute atomic E-state index is 11.1. The number of nitrogens with one attached hydrogen (secondary N) is 1. The largest absolute Gasteiger partial charge is 0.448 e. The summed E-state index contributed by atoms with van der Waals surface area (Å²) in [6, 6.07) is 0. The quantitative estimate of drug-likeness (QED) is 0.291. The number of amides is 1. The Morgan fingerprint density at radius 1 is 0.682 bits per heavy atom. The molecule has 0 aromatic carbocycles. The molecule has 22 heavy (non-hydrogen) atoms. The van der Waals surface area contributed by atoms with Crippen LogP contribution in [0.4, 0.5) is 4.79 Å². The molecule has 0 unspecified atom stereocenters. The van der Waals surface area contributed by atoms with Crippen molar-refractivity contribution in [1.29, 1.82) is 0 Å². The summed E-state index contributed by atoms with van der Waals surface area (Å²) >= 11 is 0. The molecule has 1 N–H and O–H groups in total. The molecular weight excluding hydrogens is 278 g/mol. The van der Waals surface area contributed by atoms with Gasteiger partial charge in [-0.3, -0.25) is 4.84 Å². The van der Waals surface area contributed by atoms with Crippen molar-refractivity contribution in [3.05, 3.63) is 0 Å². The van der Waals surface area contributed by atoms with Gasteiger partial charge in [0.2, 0.25) is 0 Å². The molecule has 0 fully saturated rings. The van der Waals surface area contributed by atoms with Crippen molar-refractivity contribution in [2.45, 2.75) is 97.3 Å². The molecule has 0 bridgehead atoms. The lowest BCUT2D eigenvalue weighted by molar-refractivity contribution is 0.0261. The summed E-state index contributed by atoms with van der Waals surface area (Å²) in [5, 5.41) is 0. The van der Waals surface area contributed by atoms with E-state index in [0.717, 1.165) is 12.8 Å². The molecule has 0 saturated carbocycles. The van der Waals surface area contributed by atoms with Crippen LogP contribution in [0.1, 0.15) is 97.3 Å². The minimum Gasteiger partial charge on any atom is -0.448 e. The van der Waals surface area contributed by atoms with Crippen LogP contribution >= 0.6 is 0 Å². The Hall–Kier alpha value is -0.770. The average molecular weight is 315 g/mol. The summed E-state index contributed by atoms with van der Waals surface area (Å²) in [5.41, 5.74) is 2.30. The zero-order valence-corrected chi connectivity index (χ0v) is 14.8. The van der Waals surface area contributed by atoms with E-state index in [2.05, 4.69) is 12.4 Å². The Morgan fingerprint density at radius 3 is 1.68 bits per heavy atom. The molecule has 0 aliphatic rings. The van der Waals surface area contributed by atoms with Crippen molar-refractivity contribution in [1.82, 2.24) is 5.48 Å². The predicted octanol–water partition coefficient (Wildman–Crippen LogP) is 5.76. The SMILES string of the molecule is CCCCCCCCCCCCCCONC(=O)OCCC. The van der Waals surface area contributed by atoms with E-state index in [9.17, 15) is 4.79 Å². The number of hydrogen-bond acceptors (Lipinski definition) is 3. The molecule has 1 amide bonds. The van der Waals surface area contributed by atoms with Crippen LogP contribution in [0.5, 0.6) is 0 Å². The summed E-state index contributed by atoms with van der Waals surface area (Å²) in [4.78, 5) is 16.1. The first kappa shape index (κ1) is 21.2. The number of rotatable bonds is 16. The third-order valence-corrected chi connectivity index (χ3v) is 3.69. The van der Waals surface area contributed by atoms with Crippen molar-refractivity contribution < 1.29 is 14.4 Å². The maximum Gasteiger partial charge on any atom is 0.431 e. The molecule has 0 aliphatic heterocycles. The van der Waals surface area contributed by atoms with Crippen molar-refractivity contribution >= 4 is 6.09 Å². The van der Waals surface area contributed by atoms with Crippen LogP contribution in [0.25, 0.3) is 0 Å². The molecule has 132 valence electrons. The molecule has 0 radical (unpaired) electrons. The summed E-state index contributed by atoms with van der Waals surface area (Å²) in [6.07, 6.45) is 16.2. The van der Waals surface area contributed by atoms with Crippen molar-refractivity contribution in [3.8, 4) is 0 Å². The van der Waals surface area contributed by atoms with Crippen LogP contribution < -0.4 is 5.48 Å². The Kier molecular flexibility index (Phi) is 17.6. The zero-order valence-electron chi connectivity index (χ0n) is 14.8. The minimum absolute atomic E-state index is 0.438. The highest BCUT2D eigenvalue weighted by Gasteiger charge is 1.99. The first-order chi connectivity index (χ1) is 10.8. The molecule has 0 aromatic rings. The van der Waals surface area contributed by atoms with E-state index in [1.54, 1.807) is 0 Å². The van der Waals surface area contributed by atoms with Crippen LogP contribution in [0.15, 0.2) is 0 Å². The molecular formula is C18H37NO3. The lowest BCUT2D eigenvalue weighted by Crippen LogP contribution is -2.25. The van der Waals surface area contributed by atoms with E-state index >= 15 is 0 Å². The van der Waals surface area contributed by atoms with Gasteiger partial charge in [-0.25, -0.2) is 4.79 Å². The second-order valence-corrected chi connectivity index (χ2v) is 5.98. The highest BCUT2D eigenvalue weighted by atomic mass is 16.7. The number of carbonyl (C=O) groups is 1. The Labute approximate surface area is 137 Å². The summed E-state index contributed by atoms with van der Waals surface area (Å²) in [7, 11) is 0. The lowest BCUT2D eigenvalue weighted by atomic mass is 10.1. The molecule has 0 rings (SSSR count). The van der Waals surface area contributed by atoms with Crippen LogP contribution in [0, 0.1) is 0 Å². The second kappa shape index (κ2) is 18.3. The highest BCUT2D eigenvalue weighted by molar-refractivity contribution is 5.65. The van der Waals surface area contributed by atoms with Crippen LogP contribution in [-0.2, 0) is 9.57 Å². The van der Waals surface area contributed by atoms with Gasteiger partial charge < -0.3 is 4.74 Å². The normalized spacial score (nSPS) is 10.6. The molecule has 0 spiro atoms. The highest BCUT2D eigenvalue weighted by Crippen LogP contribution is 2.11. The van der Waals surface area contributed by atoms with E-state index in [-0.39, 0.29) is 0 Å². The van der Waals surface area contributed by atoms with Crippen molar-refractivity contribution in [2.75, 3.05) is 13.2 Å². The minimum atomic E-state index is -0.485. The first-order valence-corrected chi connectivity index (χ1v) is 9.35. The molecule has 0 atom stereocenters. The van der Waals surface area contributed by atoms with Crippen molar-refractivity contribution in [2.24, 2.45) is 0 Å². The molecule has 0 saturated heterocycles. The Balaban J connectivity index is 3.04. The molecule has 4 nitrogen and oxygen atoms in total. The third-order valence-electron chi connectivity index (χ3n) is 3.69.